The number of allylic oxidation sites excluding steroid dienone is 1. The summed E-state index contributed by atoms with van der Waals surface area (Å²) in [5, 5.41) is 148. The molecule has 0 spiro atoms. The Labute approximate surface area is 430 Å². The largest absolute Gasteiger partial charge is 0.394 e. The van der Waals surface area contributed by atoms with Crippen LogP contribution in [0.3, 0.4) is 0 Å². The highest BCUT2D eigenvalue weighted by molar-refractivity contribution is 5.26. The number of rotatable bonds is 15. The van der Waals surface area contributed by atoms with E-state index >= 15 is 0 Å². The van der Waals surface area contributed by atoms with E-state index in [1.807, 2.05) is 6.92 Å². The summed E-state index contributed by atoms with van der Waals surface area (Å²) < 4.78 is 53.4. The van der Waals surface area contributed by atoms with E-state index in [9.17, 15) is 71.5 Å². The van der Waals surface area contributed by atoms with Crippen molar-refractivity contribution in [2.24, 2.45) is 46.3 Å². The van der Waals surface area contributed by atoms with E-state index in [1.165, 1.54) is 12.5 Å². The van der Waals surface area contributed by atoms with Crippen LogP contribution in [0, 0.1) is 46.3 Å². The molecule has 4 aliphatic carbocycles. The smallest absolute Gasteiger partial charge is 0.187 e. The first kappa shape index (κ1) is 57.5. The molecule has 8 fully saturated rings. The lowest BCUT2D eigenvalue weighted by atomic mass is 9.47. The molecule has 0 aromatic heterocycles. The Balaban J connectivity index is 0.792. The van der Waals surface area contributed by atoms with Gasteiger partial charge in [-0.3, -0.25) is 0 Å². The van der Waals surface area contributed by atoms with Crippen LogP contribution in [-0.4, -0.2) is 239 Å². The molecule has 14 N–H and O–H groups in total. The van der Waals surface area contributed by atoms with E-state index in [0.717, 1.165) is 32.1 Å². The van der Waals surface area contributed by atoms with Gasteiger partial charge in [0, 0.05) is 12.3 Å². The van der Waals surface area contributed by atoms with Crippen molar-refractivity contribution in [2.75, 3.05) is 26.4 Å². The topological polar surface area (TPSA) is 366 Å². The Bertz CT molecular complexity index is 1920. The van der Waals surface area contributed by atoms with Crippen molar-refractivity contribution in [1.82, 2.24) is 0 Å². The maximum absolute atomic E-state index is 12.1. The van der Waals surface area contributed by atoms with Crippen molar-refractivity contribution in [3.63, 3.8) is 0 Å². The molecule has 426 valence electrons. The second kappa shape index (κ2) is 22.4. The zero-order valence-corrected chi connectivity index (χ0v) is 42.9. The molecule has 74 heavy (non-hydrogen) atoms. The SMILES string of the molecule is CC(CCC1(O)OC2CC3C4CC=C5CC(OC6OC(COC7OC(CO)C(O)C(O)C7OC7OC(C)C(O)C(O)C7O)C(O)C(O)C6O)CCC5(C)C4CCC3(C)C2C1C)COC1OC(CO)C(O)C(O)C1O. The molecular formula is C51H84O23. The van der Waals surface area contributed by atoms with Gasteiger partial charge in [0.05, 0.1) is 44.7 Å². The Kier molecular flexibility index (Phi) is 17.4. The van der Waals surface area contributed by atoms with Crippen LogP contribution >= 0.6 is 0 Å². The Hall–Kier alpha value is -1.18. The lowest BCUT2D eigenvalue weighted by Gasteiger charge is -2.58. The lowest BCUT2D eigenvalue weighted by molar-refractivity contribution is -0.371. The molecule has 0 bridgehead atoms. The summed E-state index contributed by atoms with van der Waals surface area (Å²) in [6, 6.07) is 0. The van der Waals surface area contributed by atoms with Crippen molar-refractivity contribution in [3.05, 3.63) is 11.6 Å². The molecule has 5 saturated heterocycles. The summed E-state index contributed by atoms with van der Waals surface area (Å²) in [7, 11) is 0. The first-order valence-corrected chi connectivity index (χ1v) is 26.9. The van der Waals surface area contributed by atoms with Crippen LogP contribution < -0.4 is 0 Å². The first-order chi connectivity index (χ1) is 35.0. The van der Waals surface area contributed by atoms with Gasteiger partial charge in [0.15, 0.2) is 30.9 Å². The highest BCUT2D eigenvalue weighted by Crippen LogP contribution is 2.70. The van der Waals surface area contributed by atoms with E-state index in [1.54, 1.807) is 0 Å². The van der Waals surface area contributed by atoms with Gasteiger partial charge in [0.25, 0.3) is 0 Å². The summed E-state index contributed by atoms with van der Waals surface area (Å²) in [6.07, 6.45) is -21.5. The fraction of sp³-hybridized carbons (Fsp3) is 0.961. The molecule has 23 nitrogen and oxygen atoms in total. The number of aliphatic hydroxyl groups is 14. The van der Waals surface area contributed by atoms with Crippen molar-refractivity contribution in [1.29, 1.82) is 0 Å². The molecule has 31 unspecified atom stereocenters. The predicted molar refractivity (Wildman–Crippen MR) is 250 cm³/mol. The molecular weight excluding hydrogens is 981 g/mol. The van der Waals surface area contributed by atoms with Crippen LogP contribution in [0.15, 0.2) is 11.6 Å². The van der Waals surface area contributed by atoms with Gasteiger partial charge in [-0.2, -0.15) is 0 Å². The third kappa shape index (κ3) is 10.3. The number of ether oxygens (including phenoxy) is 9. The molecule has 23 heteroatoms. The van der Waals surface area contributed by atoms with E-state index in [0.29, 0.717) is 43.4 Å². The molecule has 5 aliphatic heterocycles. The third-order valence-electron chi connectivity index (χ3n) is 19.5. The molecule has 0 amide bonds. The lowest BCUT2D eigenvalue weighted by Crippen LogP contribution is -2.64. The zero-order valence-electron chi connectivity index (χ0n) is 42.9. The Morgan fingerprint density at radius 2 is 1.24 bits per heavy atom. The van der Waals surface area contributed by atoms with Gasteiger partial charge in [-0.15, -0.1) is 0 Å². The average molecular weight is 1070 g/mol. The van der Waals surface area contributed by atoms with E-state index in [2.05, 4.69) is 26.8 Å². The van der Waals surface area contributed by atoms with Crippen LogP contribution in [0.2, 0.25) is 0 Å². The van der Waals surface area contributed by atoms with Gasteiger partial charge >= 0.3 is 0 Å². The third-order valence-corrected chi connectivity index (χ3v) is 19.5. The van der Waals surface area contributed by atoms with Gasteiger partial charge in [0.2, 0.25) is 0 Å². The Morgan fingerprint density at radius 3 is 1.92 bits per heavy atom. The average Bonchev–Trinajstić information content (AvgIpc) is 3.82. The summed E-state index contributed by atoms with van der Waals surface area (Å²) >= 11 is 0. The molecule has 31 atom stereocenters. The van der Waals surface area contributed by atoms with Crippen molar-refractivity contribution in [3.8, 4) is 0 Å². The van der Waals surface area contributed by atoms with Crippen LogP contribution in [0.5, 0.6) is 0 Å². The van der Waals surface area contributed by atoms with Crippen LogP contribution in [0.1, 0.15) is 92.4 Å². The molecule has 9 rings (SSSR count). The maximum atomic E-state index is 12.1. The molecule has 5 heterocycles. The predicted octanol–water partition coefficient (Wildman–Crippen LogP) is -3.01. The van der Waals surface area contributed by atoms with Gasteiger partial charge in [-0.05, 0) is 98.7 Å². The van der Waals surface area contributed by atoms with Gasteiger partial charge in [-0.25, -0.2) is 0 Å². The van der Waals surface area contributed by atoms with E-state index in [-0.39, 0.29) is 41.3 Å². The van der Waals surface area contributed by atoms with Gasteiger partial charge in [-0.1, -0.05) is 39.3 Å². The first-order valence-electron chi connectivity index (χ1n) is 26.9. The normalized spacial score (nSPS) is 54.9. The molecule has 0 radical (unpaired) electrons. The highest BCUT2D eigenvalue weighted by atomic mass is 16.8. The van der Waals surface area contributed by atoms with Crippen molar-refractivity contribution >= 4 is 0 Å². The van der Waals surface area contributed by atoms with Gasteiger partial charge in [0.1, 0.15) is 91.6 Å². The van der Waals surface area contributed by atoms with Gasteiger partial charge < -0.3 is 114 Å². The second-order valence-electron chi connectivity index (χ2n) is 23.9. The number of aliphatic hydroxyl groups excluding tert-OH is 13. The Morgan fingerprint density at radius 1 is 0.649 bits per heavy atom. The standard InChI is InChI=1S/C51H84O23/c1-20(18-66-45-41(62)38(59)34(55)29(16-52)70-45)8-13-51(65)21(2)32-28(74-51)15-27-25-7-6-23-14-24(9-11-49(23,4)26(25)10-12-50(27,32)5)69-47-43(64)39(60)36(57)31(72-47)19-67-48-44(40(61)35(56)30(17-53)71-48)73-46-42(63)37(58)33(54)22(3)68-46/h6,20-22,24-48,52-65H,7-19H2,1-5H3. The number of fused-ring (bicyclic) bond motifs is 7. The quantitative estimate of drug-likeness (QED) is 0.0727. The summed E-state index contributed by atoms with van der Waals surface area (Å²) in [5.74, 6) is -0.167. The summed E-state index contributed by atoms with van der Waals surface area (Å²) in [5.41, 5.74) is 1.11. The van der Waals surface area contributed by atoms with E-state index < -0.39 is 155 Å². The van der Waals surface area contributed by atoms with Crippen LogP contribution in [0.4, 0.5) is 0 Å². The molecule has 0 aromatic carbocycles. The minimum Gasteiger partial charge on any atom is -0.394 e. The van der Waals surface area contributed by atoms with E-state index in [4.69, 9.17) is 42.6 Å². The fourth-order valence-corrected chi connectivity index (χ4v) is 14.9. The number of hydrogen-bond acceptors (Lipinski definition) is 23. The zero-order chi connectivity index (χ0) is 53.5. The summed E-state index contributed by atoms with van der Waals surface area (Å²) in [6.45, 7) is 8.56. The number of hydrogen-bond donors (Lipinski definition) is 14. The van der Waals surface area contributed by atoms with Crippen LogP contribution in [0.25, 0.3) is 0 Å². The highest BCUT2D eigenvalue weighted by Gasteiger charge is 2.68. The second-order valence-corrected chi connectivity index (χ2v) is 23.9. The monoisotopic (exact) mass is 1060 g/mol. The minimum atomic E-state index is -1.78. The molecule has 0 aromatic rings. The summed E-state index contributed by atoms with van der Waals surface area (Å²) in [4.78, 5) is 0. The minimum absolute atomic E-state index is 0.0482. The van der Waals surface area contributed by atoms with Crippen molar-refractivity contribution in [2.45, 2.75) is 233 Å². The molecule has 3 saturated carbocycles. The maximum Gasteiger partial charge on any atom is 0.187 e. The molecule has 9 aliphatic rings. The van der Waals surface area contributed by atoms with Crippen molar-refractivity contribution < 1.29 is 114 Å². The fourth-order valence-electron chi connectivity index (χ4n) is 14.9. The van der Waals surface area contributed by atoms with Crippen LogP contribution in [-0.2, 0) is 42.6 Å².